The second-order valence-electron chi connectivity index (χ2n) is 5.76. The van der Waals surface area contributed by atoms with Gasteiger partial charge in [0.2, 0.25) is 0 Å². The molecule has 1 aromatic carbocycles. The summed E-state index contributed by atoms with van der Waals surface area (Å²) in [5.41, 5.74) is -0.0953. The topological polar surface area (TPSA) is 41.5 Å². The van der Waals surface area contributed by atoms with Crippen molar-refractivity contribution in [3.63, 3.8) is 0 Å². The number of ether oxygens (including phenoxy) is 1. The Bertz CT molecular complexity index is 453. The van der Waals surface area contributed by atoms with Crippen LogP contribution in [0.4, 0.5) is 8.78 Å². The Morgan fingerprint density at radius 3 is 2.47 bits per heavy atom. The summed E-state index contributed by atoms with van der Waals surface area (Å²) in [6, 6.07) is 3.89. The average Bonchev–Trinajstić information content (AvgIpc) is 2.31. The van der Waals surface area contributed by atoms with Crippen molar-refractivity contribution in [2.24, 2.45) is 5.41 Å². The number of rotatable bonds is 5. The zero-order valence-electron chi connectivity index (χ0n) is 11.2. The van der Waals surface area contributed by atoms with Crippen LogP contribution in [0.3, 0.4) is 0 Å². The van der Waals surface area contributed by atoms with E-state index in [2.05, 4.69) is 5.32 Å². The third kappa shape index (κ3) is 2.94. The minimum Gasteiger partial charge on any atom is -0.396 e. The minimum atomic E-state index is -0.851. The molecule has 0 atom stereocenters. The number of aliphatic hydroxyl groups excluding tert-OH is 1. The largest absolute Gasteiger partial charge is 0.396 e. The predicted octanol–water partition coefficient (Wildman–Crippen LogP) is 1.80. The van der Waals surface area contributed by atoms with E-state index in [1.165, 1.54) is 6.07 Å². The van der Waals surface area contributed by atoms with Crippen LogP contribution in [0, 0.1) is 17.0 Å². The van der Waals surface area contributed by atoms with E-state index in [4.69, 9.17) is 4.74 Å². The fourth-order valence-corrected chi connectivity index (χ4v) is 2.04. The first-order valence-electron chi connectivity index (χ1n) is 6.28. The molecule has 1 aromatic rings. The summed E-state index contributed by atoms with van der Waals surface area (Å²) in [4.78, 5) is 0. The van der Waals surface area contributed by atoms with Crippen LogP contribution in [0.25, 0.3) is 0 Å². The number of benzene rings is 1. The van der Waals surface area contributed by atoms with Gasteiger partial charge in [0.15, 0.2) is 11.6 Å². The van der Waals surface area contributed by atoms with Crippen molar-refractivity contribution >= 4 is 0 Å². The molecule has 2 rings (SSSR count). The zero-order valence-corrected chi connectivity index (χ0v) is 11.2. The molecule has 0 saturated carbocycles. The van der Waals surface area contributed by atoms with Crippen molar-refractivity contribution in [1.82, 2.24) is 5.32 Å². The van der Waals surface area contributed by atoms with Gasteiger partial charge in [-0.25, -0.2) is 8.78 Å². The Kier molecular flexibility index (Phi) is 3.90. The Morgan fingerprint density at radius 1 is 1.32 bits per heavy atom. The first kappa shape index (κ1) is 14.4. The van der Waals surface area contributed by atoms with Gasteiger partial charge in [0.05, 0.1) is 25.2 Å². The van der Waals surface area contributed by atoms with E-state index in [1.54, 1.807) is 6.07 Å². The fourth-order valence-electron chi connectivity index (χ4n) is 2.04. The fraction of sp³-hybridized carbons (Fsp3) is 0.571. The summed E-state index contributed by atoms with van der Waals surface area (Å²) < 4.78 is 31.3. The van der Waals surface area contributed by atoms with Gasteiger partial charge in [-0.3, -0.25) is 0 Å². The van der Waals surface area contributed by atoms with Crippen molar-refractivity contribution in [3.8, 4) is 0 Å². The molecule has 1 aliphatic rings. The molecular formula is C14H19F2NO2. The van der Waals surface area contributed by atoms with E-state index in [1.807, 2.05) is 13.8 Å². The molecule has 106 valence electrons. The maximum atomic E-state index is 13.3. The summed E-state index contributed by atoms with van der Waals surface area (Å²) in [6.45, 7) is 5.44. The van der Waals surface area contributed by atoms with Crippen LogP contribution in [0.2, 0.25) is 0 Å². The molecule has 1 fully saturated rings. The van der Waals surface area contributed by atoms with Crippen LogP contribution < -0.4 is 5.32 Å². The van der Waals surface area contributed by atoms with E-state index in [9.17, 15) is 13.9 Å². The maximum absolute atomic E-state index is 13.3. The Labute approximate surface area is 111 Å². The van der Waals surface area contributed by atoms with Gasteiger partial charge in [-0.1, -0.05) is 6.07 Å². The molecule has 1 heterocycles. The number of aliphatic hydroxyl groups is 1. The minimum absolute atomic E-state index is 0.0495. The quantitative estimate of drug-likeness (QED) is 0.858. The van der Waals surface area contributed by atoms with Gasteiger partial charge < -0.3 is 15.2 Å². The van der Waals surface area contributed by atoms with Gasteiger partial charge in [-0.05, 0) is 31.5 Å². The van der Waals surface area contributed by atoms with Gasteiger partial charge in [0, 0.05) is 12.1 Å². The molecule has 3 nitrogen and oxygen atoms in total. The Hall–Kier alpha value is -1.04. The van der Waals surface area contributed by atoms with Crippen molar-refractivity contribution in [2.45, 2.75) is 19.4 Å². The van der Waals surface area contributed by atoms with E-state index >= 15 is 0 Å². The Morgan fingerprint density at radius 2 is 2.00 bits per heavy atom. The lowest BCUT2D eigenvalue weighted by Crippen LogP contribution is -2.55. The first-order chi connectivity index (χ1) is 8.88. The van der Waals surface area contributed by atoms with Crippen LogP contribution in [0.15, 0.2) is 18.2 Å². The van der Waals surface area contributed by atoms with Crippen LogP contribution in [-0.2, 0) is 10.3 Å². The molecule has 19 heavy (non-hydrogen) atoms. The summed E-state index contributed by atoms with van der Waals surface area (Å²) in [5, 5.41) is 12.6. The third-order valence-corrected chi connectivity index (χ3v) is 3.70. The number of nitrogens with one attached hydrogen (secondary N) is 1. The molecule has 0 unspecified atom stereocenters. The highest BCUT2D eigenvalue weighted by atomic mass is 19.2. The number of hydrogen-bond acceptors (Lipinski definition) is 3. The van der Waals surface area contributed by atoms with Gasteiger partial charge in [-0.15, -0.1) is 0 Å². The van der Waals surface area contributed by atoms with Gasteiger partial charge in [0.25, 0.3) is 0 Å². The summed E-state index contributed by atoms with van der Waals surface area (Å²) in [7, 11) is 0. The number of halogens is 2. The highest BCUT2D eigenvalue weighted by Gasteiger charge is 2.39. The van der Waals surface area contributed by atoms with E-state index < -0.39 is 17.2 Å². The molecule has 0 spiro atoms. The SMILES string of the molecule is CC(C)(NCC1(CO)COC1)c1ccc(F)c(F)c1. The second kappa shape index (κ2) is 5.15. The lowest BCUT2D eigenvalue weighted by Gasteiger charge is -2.42. The predicted molar refractivity (Wildman–Crippen MR) is 67.7 cm³/mol. The van der Waals surface area contributed by atoms with Crippen molar-refractivity contribution in [3.05, 3.63) is 35.4 Å². The van der Waals surface area contributed by atoms with E-state index in [0.29, 0.717) is 25.3 Å². The monoisotopic (exact) mass is 271 g/mol. The van der Waals surface area contributed by atoms with Crippen molar-refractivity contribution in [2.75, 3.05) is 26.4 Å². The zero-order chi connectivity index (χ0) is 14.1. The van der Waals surface area contributed by atoms with Crippen LogP contribution in [0.1, 0.15) is 19.4 Å². The summed E-state index contributed by atoms with van der Waals surface area (Å²) in [6.07, 6.45) is 0. The lowest BCUT2D eigenvalue weighted by molar-refractivity contribution is -0.136. The normalized spacial score (nSPS) is 18.2. The maximum Gasteiger partial charge on any atom is 0.159 e. The Balaban J connectivity index is 2.06. The molecule has 1 aliphatic heterocycles. The van der Waals surface area contributed by atoms with E-state index in [0.717, 1.165) is 6.07 Å². The summed E-state index contributed by atoms with van der Waals surface area (Å²) in [5.74, 6) is -1.70. The molecule has 5 heteroatoms. The molecule has 2 N–H and O–H groups in total. The molecular weight excluding hydrogens is 252 g/mol. The van der Waals surface area contributed by atoms with Crippen LogP contribution in [-0.4, -0.2) is 31.5 Å². The molecule has 0 bridgehead atoms. The first-order valence-corrected chi connectivity index (χ1v) is 6.28. The van der Waals surface area contributed by atoms with E-state index in [-0.39, 0.29) is 12.0 Å². The average molecular weight is 271 g/mol. The van der Waals surface area contributed by atoms with Crippen LogP contribution >= 0.6 is 0 Å². The van der Waals surface area contributed by atoms with Gasteiger partial charge in [0.1, 0.15) is 0 Å². The van der Waals surface area contributed by atoms with Crippen molar-refractivity contribution in [1.29, 1.82) is 0 Å². The highest BCUT2D eigenvalue weighted by Crippen LogP contribution is 2.29. The smallest absolute Gasteiger partial charge is 0.159 e. The highest BCUT2D eigenvalue weighted by molar-refractivity contribution is 5.24. The summed E-state index contributed by atoms with van der Waals surface area (Å²) >= 11 is 0. The molecule has 0 radical (unpaired) electrons. The number of hydrogen-bond donors (Lipinski definition) is 2. The molecule has 0 amide bonds. The van der Waals surface area contributed by atoms with Gasteiger partial charge in [-0.2, -0.15) is 0 Å². The standard InChI is InChI=1S/C14H19F2NO2/c1-13(2,10-3-4-11(15)12(16)5-10)17-6-14(7-18)8-19-9-14/h3-5,17-18H,6-9H2,1-2H3. The van der Waals surface area contributed by atoms with Crippen LogP contribution in [0.5, 0.6) is 0 Å². The van der Waals surface area contributed by atoms with Gasteiger partial charge >= 0.3 is 0 Å². The molecule has 0 aliphatic carbocycles. The second-order valence-corrected chi connectivity index (χ2v) is 5.76. The van der Waals surface area contributed by atoms with Crippen molar-refractivity contribution < 1.29 is 18.6 Å². The third-order valence-electron chi connectivity index (χ3n) is 3.70. The molecule has 0 aromatic heterocycles. The molecule has 1 saturated heterocycles. The lowest BCUT2D eigenvalue weighted by atomic mass is 9.85.